The minimum atomic E-state index is -1.00. The molecule has 0 saturated heterocycles. The van der Waals surface area contributed by atoms with Gasteiger partial charge in [0.15, 0.2) is 0 Å². The molecule has 0 aliphatic carbocycles. The van der Waals surface area contributed by atoms with Gasteiger partial charge in [-0.05, 0) is 20.8 Å². The third kappa shape index (κ3) is 56900. The molecule has 0 amide bonds. The smallest absolute Gasteiger partial charge is 0.102 e. The fraction of sp³-hybridized carbons (Fsp3) is 1.00. The van der Waals surface area contributed by atoms with Gasteiger partial charge in [-0.2, -0.15) is 0 Å². The molecule has 0 aliphatic heterocycles. The molecular weight excluding hydrogens is 115 g/mol. The first-order chi connectivity index (χ1) is 4.00. The Morgan fingerprint density at radius 1 is 0.778 bits per heavy atom. The van der Waals surface area contributed by atoms with Crippen molar-refractivity contribution < 1.29 is 4.39 Å². The summed E-state index contributed by atoms with van der Waals surface area (Å²) >= 11 is 0. The maximum atomic E-state index is 11.7. The topological polar surface area (TPSA) is 0 Å². The van der Waals surface area contributed by atoms with Crippen LogP contribution in [0, 0.1) is 0 Å². The first-order valence-corrected chi connectivity index (χ1v) is 3.69. The fourth-order valence-corrected chi connectivity index (χ4v) is 0. The van der Waals surface area contributed by atoms with Gasteiger partial charge in [-0.1, -0.05) is 27.7 Å². The van der Waals surface area contributed by atoms with Gasteiger partial charge in [0.2, 0.25) is 0 Å². The zero-order chi connectivity index (χ0) is 8.50. The van der Waals surface area contributed by atoms with Crippen LogP contribution in [0.25, 0.3) is 0 Å². The molecule has 1 heteroatoms. The third-order valence-electron chi connectivity index (χ3n) is 0. The van der Waals surface area contributed by atoms with Crippen LogP contribution < -0.4 is 0 Å². The second kappa shape index (κ2) is 10.8. The third-order valence-corrected chi connectivity index (χ3v) is 0. The molecule has 0 aliphatic rings. The molecule has 0 rings (SSSR count). The maximum absolute atomic E-state index is 11.7. The zero-order valence-electron chi connectivity index (χ0n) is 7.88. The van der Waals surface area contributed by atoms with Crippen molar-refractivity contribution in [3.63, 3.8) is 0 Å². The lowest BCUT2D eigenvalue weighted by molar-refractivity contribution is 0.246. The monoisotopic (exact) mass is 136 g/mol. The van der Waals surface area contributed by atoms with Crippen LogP contribution in [0.15, 0.2) is 0 Å². The molecule has 60 valence electrons. The minimum absolute atomic E-state index is 1.00. The van der Waals surface area contributed by atoms with Gasteiger partial charge in [-0.25, -0.2) is 4.39 Å². The Balaban J connectivity index is -0.0000000771. The summed E-state index contributed by atoms with van der Waals surface area (Å²) in [6, 6.07) is 0. The van der Waals surface area contributed by atoms with Crippen LogP contribution in [0.2, 0.25) is 0 Å². The molecule has 0 aromatic carbocycles. The summed E-state index contributed by atoms with van der Waals surface area (Å²) in [6.07, 6.45) is 0. The average Bonchev–Trinajstić information content (AvgIpc) is 1.72. The summed E-state index contributed by atoms with van der Waals surface area (Å²) in [4.78, 5) is 0. The Morgan fingerprint density at radius 2 is 0.778 bits per heavy atom. The van der Waals surface area contributed by atoms with Crippen LogP contribution in [0.1, 0.15) is 48.5 Å². The van der Waals surface area contributed by atoms with Crippen LogP contribution >= 0.6 is 0 Å². The van der Waals surface area contributed by atoms with E-state index >= 15 is 0 Å². The highest BCUT2D eigenvalue weighted by Gasteiger charge is 2.01. The van der Waals surface area contributed by atoms with Crippen LogP contribution in [-0.2, 0) is 0 Å². The summed E-state index contributed by atoms with van der Waals surface area (Å²) < 4.78 is 11.7. The van der Waals surface area contributed by atoms with Crippen molar-refractivity contribution in [1.82, 2.24) is 0 Å². The maximum Gasteiger partial charge on any atom is 0.102 e. The Kier molecular flexibility index (Phi) is 19.2. The lowest BCUT2D eigenvalue weighted by atomic mass is 10.2. The molecule has 0 aromatic rings. The molecule has 0 unspecified atom stereocenters. The molecule has 0 radical (unpaired) electrons. The number of alkyl halides is 1. The van der Waals surface area contributed by atoms with Gasteiger partial charge >= 0.3 is 0 Å². The van der Waals surface area contributed by atoms with E-state index in [1.165, 1.54) is 20.8 Å². The van der Waals surface area contributed by atoms with E-state index in [1.54, 1.807) is 0 Å². The van der Waals surface area contributed by atoms with E-state index in [4.69, 9.17) is 0 Å². The van der Waals surface area contributed by atoms with Crippen LogP contribution in [0.4, 0.5) is 4.39 Å². The molecule has 0 bridgehead atoms. The molecule has 0 aromatic heterocycles. The zero-order valence-corrected chi connectivity index (χ0v) is 7.88. The predicted octanol–water partition coefficient (Wildman–Crippen LogP) is 3.81. The summed E-state index contributed by atoms with van der Waals surface area (Å²) in [5.74, 6) is 0. The quantitative estimate of drug-likeness (QED) is 0.475. The highest BCUT2D eigenvalue weighted by Crippen LogP contribution is 2.02. The number of rotatable bonds is 0. The molecule has 0 nitrogen and oxygen atoms in total. The fourth-order valence-electron chi connectivity index (χ4n) is 0. The van der Waals surface area contributed by atoms with Gasteiger partial charge in [-0.3, -0.25) is 0 Å². The molecule has 0 N–H and O–H groups in total. The van der Waals surface area contributed by atoms with E-state index in [1.807, 2.05) is 27.7 Å². The normalized spacial score (nSPS) is 8.00. The van der Waals surface area contributed by atoms with Crippen molar-refractivity contribution in [1.29, 1.82) is 0 Å². The number of hydrogen-bond acceptors (Lipinski definition) is 0. The Bertz CT molecular complexity index is 20.0. The van der Waals surface area contributed by atoms with Gasteiger partial charge in [0.05, 0.1) is 0 Å². The van der Waals surface area contributed by atoms with Gasteiger partial charge in [-0.15, -0.1) is 0 Å². The van der Waals surface area contributed by atoms with E-state index in [2.05, 4.69) is 0 Å². The van der Waals surface area contributed by atoms with Crippen LogP contribution in [-0.4, -0.2) is 5.67 Å². The van der Waals surface area contributed by atoms with Gasteiger partial charge in [0.1, 0.15) is 5.67 Å². The highest BCUT2D eigenvalue weighted by atomic mass is 19.1. The van der Waals surface area contributed by atoms with E-state index in [0.717, 1.165) is 0 Å². The standard InChI is InChI=1S/C4H9F.2C2H6/c1-4(2,3)5;2*1-2/h1-3H3;2*1-2H3. The number of hydrogen-bond donors (Lipinski definition) is 0. The lowest BCUT2D eigenvalue weighted by Gasteiger charge is -1.99. The van der Waals surface area contributed by atoms with Crippen molar-refractivity contribution in [3.05, 3.63) is 0 Å². The molecular formula is C8H21F. The van der Waals surface area contributed by atoms with Crippen molar-refractivity contribution in [2.24, 2.45) is 0 Å². The van der Waals surface area contributed by atoms with Crippen molar-refractivity contribution >= 4 is 0 Å². The largest absolute Gasteiger partial charge is 0.245 e. The van der Waals surface area contributed by atoms with Crippen LogP contribution in [0.5, 0.6) is 0 Å². The van der Waals surface area contributed by atoms with Gasteiger partial charge in [0, 0.05) is 0 Å². The molecule has 0 fully saturated rings. The summed E-state index contributed by atoms with van der Waals surface area (Å²) in [7, 11) is 0. The van der Waals surface area contributed by atoms with E-state index in [9.17, 15) is 4.39 Å². The molecule has 9 heavy (non-hydrogen) atoms. The van der Waals surface area contributed by atoms with E-state index < -0.39 is 5.67 Å². The van der Waals surface area contributed by atoms with Gasteiger partial charge in [0.25, 0.3) is 0 Å². The number of halogens is 1. The lowest BCUT2D eigenvalue weighted by Crippen LogP contribution is -2.01. The first kappa shape index (κ1) is 16.0. The summed E-state index contributed by atoms with van der Waals surface area (Å²) in [5, 5.41) is 0. The van der Waals surface area contributed by atoms with Crippen molar-refractivity contribution in [2.45, 2.75) is 54.1 Å². The second-order valence-electron chi connectivity index (χ2n) is 2.07. The van der Waals surface area contributed by atoms with Crippen molar-refractivity contribution in [2.75, 3.05) is 0 Å². The van der Waals surface area contributed by atoms with Gasteiger partial charge < -0.3 is 0 Å². The Labute approximate surface area is 59.5 Å². The molecule has 0 spiro atoms. The summed E-state index contributed by atoms with van der Waals surface area (Å²) in [5.41, 5.74) is -1.00. The molecule has 0 saturated carbocycles. The first-order valence-electron chi connectivity index (χ1n) is 3.69. The Hall–Kier alpha value is -0.0700. The minimum Gasteiger partial charge on any atom is -0.245 e. The highest BCUT2D eigenvalue weighted by molar-refractivity contribution is 4.52. The molecule has 0 atom stereocenters. The van der Waals surface area contributed by atoms with Crippen LogP contribution in [0.3, 0.4) is 0 Å². The second-order valence-corrected chi connectivity index (χ2v) is 2.07. The SMILES string of the molecule is CC.CC.CC(C)(C)F. The molecule has 0 heterocycles. The predicted molar refractivity (Wildman–Crippen MR) is 43.6 cm³/mol. The van der Waals surface area contributed by atoms with Crippen molar-refractivity contribution in [3.8, 4) is 0 Å². The summed E-state index contributed by atoms with van der Waals surface area (Å²) in [6.45, 7) is 12.6. The average molecular weight is 136 g/mol. The van der Waals surface area contributed by atoms with E-state index in [0.29, 0.717) is 0 Å². The Morgan fingerprint density at radius 3 is 0.778 bits per heavy atom. The van der Waals surface area contributed by atoms with E-state index in [-0.39, 0.29) is 0 Å².